The molecule has 9 nitrogen and oxygen atoms in total. The number of nitrogens with zero attached hydrogens (tertiary/aromatic N) is 2. The number of carbonyl (C=O) groups is 1. The van der Waals surface area contributed by atoms with Crippen LogP contribution >= 0.6 is 0 Å². The molecule has 0 aliphatic carbocycles. The van der Waals surface area contributed by atoms with Crippen LogP contribution in [0.1, 0.15) is 56.7 Å². The summed E-state index contributed by atoms with van der Waals surface area (Å²) in [5, 5.41) is 6.78. The average Bonchev–Trinajstić information content (AvgIpc) is 3.12. The molecule has 1 aliphatic rings. The van der Waals surface area contributed by atoms with Gasteiger partial charge in [-0.05, 0) is 65.2 Å². The van der Waals surface area contributed by atoms with E-state index < -0.39 is 15.9 Å². The maximum atomic E-state index is 13.1. The van der Waals surface area contributed by atoms with Crippen LogP contribution < -0.4 is 14.8 Å². The van der Waals surface area contributed by atoms with Crippen molar-refractivity contribution in [3.63, 3.8) is 0 Å². The third-order valence-corrected chi connectivity index (χ3v) is 7.84. The lowest BCUT2D eigenvalue weighted by molar-refractivity contribution is -0.126. The van der Waals surface area contributed by atoms with Gasteiger partial charge in [-0.15, -0.1) is 0 Å². The van der Waals surface area contributed by atoms with Crippen molar-refractivity contribution >= 4 is 15.9 Å². The van der Waals surface area contributed by atoms with E-state index in [0.29, 0.717) is 36.6 Å². The van der Waals surface area contributed by atoms with E-state index in [1.807, 2.05) is 39.0 Å². The fourth-order valence-electron chi connectivity index (χ4n) is 4.07. The van der Waals surface area contributed by atoms with E-state index in [2.05, 4.69) is 10.5 Å². The van der Waals surface area contributed by atoms with Crippen molar-refractivity contribution in [3.8, 4) is 11.5 Å². The maximum absolute atomic E-state index is 13.1. The molecule has 1 aliphatic heterocycles. The quantitative estimate of drug-likeness (QED) is 0.618. The lowest BCUT2D eigenvalue weighted by atomic mass is 9.98. The minimum Gasteiger partial charge on any atom is -0.493 e. The third kappa shape index (κ3) is 5.50. The molecule has 0 bridgehead atoms. The van der Waals surface area contributed by atoms with Gasteiger partial charge >= 0.3 is 0 Å². The molecule has 2 heterocycles. The average molecular weight is 480 g/mol. The Morgan fingerprint density at radius 2 is 1.97 bits per heavy atom. The van der Waals surface area contributed by atoms with E-state index in [1.165, 1.54) is 4.31 Å². The smallest absolute Gasteiger partial charge is 0.248 e. The van der Waals surface area contributed by atoms with E-state index in [9.17, 15) is 13.2 Å². The SMILES string of the molecule is COc1cc(C(C)NC(=O)C2CCCN(S(=O)(=O)c3c(C)noc3C)C2)ccc1OC(C)C. The van der Waals surface area contributed by atoms with E-state index in [4.69, 9.17) is 14.0 Å². The Balaban J connectivity index is 1.70. The van der Waals surface area contributed by atoms with Crippen molar-refractivity contribution in [2.45, 2.75) is 64.5 Å². The molecule has 1 fully saturated rings. The van der Waals surface area contributed by atoms with Gasteiger partial charge < -0.3 is 19.3 Å². The fourth-order valence-corrected chi connectivity index (χ4v) is 5.88. The molecular formula is C23H33N3O6S. The first-order valence-corrected chi connectivity index (χ1v) is 12.6. The van der Waals surface area contributed by atoms with Crippen LogP contribution in [0.4, 0.5) is 0 Å². The lowest BCUT2D eigenvalue weighted by Crippen LogP contribution is -2.46. The van der Waals surface area contributed by atoms with Crippen LogP contribution in [-0.4, -0.2) is 50.1 Å². The molecular weight excluding hydrogens is 446 g/mol. The molecule has 1 N–H and O–H groups in total. The summed E-state index contributed by atoms with van der Waals surface area (Å²) in [5.41, 5.74) is 1.19. The summed E-state index contributed by atoms with van der Waals surface area (Å²) in [6, 6.07) is 5.28. The number of methoxy groups -OCH3 is 1. The number of piperidine rings is 1. The van der Waals surface area contributed by atoms with Gasteiger partial charge in [0.1, 0.15) is 10.6 Å². The first-order chi connectivity index (χ1) is 15.5. The van der Waals surface area contributed by atoms with Gasteiger partial charge in [-0.2, -0.15) is 4.31 Å². The number of aryl methyl sites for hydroxylation is 2. The zero-order valence-electron chi connectivity index (χ0n) is 20.0. The number of hydrogen-bond acceptors (Lipinski definition) is 7. The van der Waals surface area contributed by atoms with Crippen LogP contribution in [0.2, 0.25) is 0 Å². The number of sulfonamides is 1. The number of rotatable bonds is 8. The highest BCUT2D eigenvalue weighted by molar-refractivity contribution is 7.89. The van der Waals surface area contributed by atoms with Crippen molar-refractivity contribution in [2.24, 2.45) is 5.92 Å². The maximum Gasteiger partial charge on any atom is 0.248 e. The van der Waals surface area contributed by atoms with Gasteiger partial charge in [-0.25, -0.2) is 8.42 Å². The molecule has 33 heavy (non-hydrogen) atoms. The number of hydrogen-bond donors (Lipinski definition) is 1. The van der Waals surface area contributed by atoms with Crippen LogP contribution in [0, 0.1) is 19.8 Å². The van der Waals surface area contributed by atoms with Crippen molar-refractivity contribution in [3.05, 3.63) is 35.2 Å². The highest BCUT2D eigenvalue weighted by Crippen LogP contribution is 2.32. The predicted molar refractivity (Wildman–Crippen MR) is 123 cm³/mol. The summed E-state index contributed by atoms with van der Waals surface area (Å²) in [4.78, 5) is 13.1. The zero-order valence-corrected chi connectivity index (χ0v) is 20.9. The van der Waals surface area contributed by atoms with E-state index in [-0.39, 0.29) is 35.3 Å². The first kappa shape index (κ1) is 25.0. The summed E-state index contributed by atoms with van der Waals surface area (Å²) in [5.74, 6) is 0.870. The molecule has 10 heteroatoms. The van der Waals surface area contributed by atoms with Crippen LogP contribution in [-0.2, 0) is 14.8 Å². The van der Waals surface area contributed by atoms with Gasteiger partial charge in [0.2, 0.25) is 15.9 Å². The number of amides is 1. The number of nitrogens with one attached hydrogen (secondary N) is 1. The van der Waals surface area contributed by atoms with Gasteiger partial charge in [-0.1, -0.05) is 11.2 Å². The van der Waals surface area contributed by atoms with Gasteiger partial charge in [-0.3, -0.25) is 4.79 Å². The molecule has 3 rings (SSSR count). The number of benzene rings is 1. The topological polar surface area (TPSA) is 111 Å². The minimum atomic E-state index is -3.78. The van der Waals surface area contributed by atoms with Crippen LogP contribution in [0.15, 0.2) is 27.6 Å². The second kappa shape index (κ2) is 10.1. The minimum absolute atomic E-state index is 0.0119. The van der Waals surface area contributed by atoms with Gasteiger partial charge in [0.05, 0.1) is 25.2 Å². The Morgan fingerprint density at radius 3 is 2.58 bits per heavy atom. The molecule has 2 atom stereocenters. The molecule has 0 saturated carbocycles. The van der Waals surface area contributed by atoms with Crippen molar-refractivity contribution in [2.75, 3.05) is 20.2 Å². The first-order valence-electron chi connectivity index (χ1n) is 11.1. The second-order valence-corrected chi connectivity index (χ2v) is 10.5. The predicted octanol–water partition coefficient (Wildman–Crippen LogP) is 3.37. The van der Waals surface area contributed by atoms with Crippen molar-refractivity contribution in [1.82, 2.24) is 14.8 Å². The summed E-state index contributed by atoms with van der Waals surface area (Å²) >= 11 is 0. The number of ether oxygens (including phenoxy) is 2. The number of carbonyl (C=O) groups excluding carboxylic acids is 1. The van der Waals surface area contributed by atoms with Gasteiger partial charge in [0.15, 0.2) is 17.3 Å². The molecule has 0 spiro atoms. The monoisotopic (exact) mass is 479 g/mol. The lowest BCUT2D eigenvalue weighted by Gasteiger charge is -2.31. The molecule has 182 valence electrons. The van der Waals surface area contributed by atoms with Gasteiger partial charge in [0, 0.05) is 13.1 Å². The summed E-state index contributed by atoms with van der Waals surface area (Å²) < 4.78 is 43.9. The normalized spacial score (nSPS) is 18.2. The highest BCUT2D eigenvalue weighted by Gasteiger charge is 2.36. The molecule has 0 radical (unpaired) electrons. The second-order valence-electron chi connectivity index (χ2n) is 8.66. The summed E-state index contributed by atoms with van der Waals surface area (Å²) in [6.45, 7) is 9.43. The Labute approximate surface area is 195 Å². The largest absolute Gasteiger partial charge is 0.493 e. The van der Waals surface area contributed by atoms with Gasteiger partial charge in [0.25, 0.3) is 0 Å². The van der Waals surface area contributed by atoms with Crippen molar-refractivity contribution in [1.29, 1.82) is 0 Å². The standard InChI is InChI=1S/C23H33N3O6S/c1-14(2)31-20-10-9-18(12-21(20)30-6)15(3)24-23(27)19-8-7-11-26(13-19)33(28,29)22-16(4)25-32-17(22)5/h9-10,12,14-15,19H,7-8,11,13H2,1-6H3,(H,24,27). The molecule has 2 aromatic rings. The molecule has 2 unspecified atom stereocenters. The Bertz CT molecular complexity index is 1080. The Morgan fingerprint density at radius 1 is 1.24 bits per heavy atom. The van der Waals surface area contributed by atoms with Crippen LogP contribution in [0.5, 0.6) is 11.5 Å². The highest BCUT2D eigenvalue weighted by atomic mass is 32.2. The zero-order chi connectivity index (χ0) is 24.3. The molecule has 1 amide bonds. The van der Waals surface area contributed by atoms with Crippen LogP contribution in [0.25, 0.3) is 0 Å². The number of aromatic nitrogens is 1. The molecule has 1 aromatic carbocycles. The Hall–Kier alpha value is -2.59. The summed E-state index contributed by atoms with van der Waals surface area (Å²) in [6.07, 6.45) is 1.23. The van der Waals surface area contributed by atoms with E-state index >= 15 is 0 Å². The molecule has 1 saturated heterocycles. The van der Waals surface area contributed by atoms with Crippen molar-refractivity contribution < 1.29 is 27.2 Å². The van der Waals surface area contributed by atoms with E-state index in [0.717, 1.165) is 5.56 Å². The Kier molecular flexibility index (Phi) is 7.69. The van der Waals surface area contributed by atoms with E-state index in [1.54, 1.807) is 21.0 Å². The third-order valence-electron chi connectivity index (χ3n) is 5.73. The van der Waals surface area contributed by atoms with Crippen LogP contribution in [0.3, 0.4) is 0 Å². The summed E-state index contributed by atoms with van der Waals surface area (Å²) in [7, 11) is -2.21. The molecule has 1 aromatic heterocycles. The fraction of sp³-hybridized carbons (Fsp3) is 0.565.